The first-order chi connectivity index (χ1) is 19.7. The molecule has 0 atom stereocenters. The van der Waals surface area contributed by atoms with Crippen LogP contribution in [0.1, 0.15) is 31.2 Å². The molecule has 0 amide bonds. The van der Waals surface area contributed by atoms with Gasteiger partial charge in [0.05, 0.1) is 6.33 Å². The van der Waals surface area contributed by atoms with E-state index in [-0.39, 0.29) is 0 Å². The van der Waals surface area contributed by atoms with Gasteiger partial charge in [0.15, 0.2) is 11.5 Å². The van der Waals surface area contributed by atoms with E-state index >= 15 is 0 Å². The second-order valence-corrected chi connectivity index (χ2v) is 10.7. The second kappa shape index (κ2) is 12.5. The van der Waals surface area contributed by atoms with E-state index in [0.717, 1.165) is 87.8 Å². The highest BCUT2D eigenvalue weighted by molar-refractivity contribution is 5.83. The van der Waals surface area contributed by atoms with E-state index in [1.54, 1.807) is 6.33 Å². The van der Waals surface area contributed by atoms with Gasteiger partial charge < -0.3 is 29.9 Å². The fraction of sp³-hybridized carbons (Fsp3) is 0.483. The van der Waals surface area contributed by atoms with E-state index in [9.17, 15) is 0 Å². The van der Waals surface area contributed by atoms with Crippen LogP contribution in [0.4, 0.5) is 23.4 Å². The van der Waals surface area contributed by atoms with Crippen molar-refractivity contribution in [3.63, 3.8) is 0 Å². The van der Waals surface area contributed by atoms with Crippen LogP contribution in [0.5, 0.6) is 0 Å². The highest BCUT2D eigenvalue weighted by Gasteiger charge is 2.20. The molecule has 2 fully saturated rings. The van der Waals surface area contributed by atoms with Crippen molar-refractivity contribution in [2.45, 2.75) is 32.2 Å². The Hall–Kier alpha value is -3.99. The summed E-state index contributed by atoms with van der Waals surface area (Å²) in [5.41, 5.74) is 2.85. The molecule has 0 radical (unpaired) electrons. The predicted molar refractivity (Wildman–Crippen MR) is 160 cm³/mol. The summed E-state index contributed by atoms with van der Waals surface area (Å²) in [7, 11) is 2.14. The number of hydrogen-bond acceptors (Lipinski definition) is 10. The van der Waals surface area contributed by atoms with Gasteiger partial charge in [0.1, 0.15) is 23.5 Å². The Morgan fingerprint density at radius 3 is 2.33 bits per heavy atom. The number of hydrogen-bond donors (Lipinski definition) is 2. The Morgan fingerprint density at radius 2 is 1.55 bits per heavy atom. The summed E-state index contributed by atoms with van der Waals surface area (Å²) in [4.78, 5) is 30.2. The lowest BCUT2D eigenvalue weighted by molar-refractivity contribution is 0.360. The molecule has 210 valence electrons. The zero-order valence-corrected chi connectivity index (χ0v) is 23.3. The third-order valence-corrected chi connectivity index (χ3v) is 7.71. The van der Waals surface area contributed by atoms with E-state index in [4.69, 9.17) is 9.97 Å². The summed E-state index contributed by atoms with van der Waals surface area (Å²) in [5, 5.41) is 7.07. The molecule has 2 saturated heterocycles. The summed E-state index contributed by atoms with van der Waals surface area (Å²) >= 11 is 0. The fourth-order valence-corrected chi connectivity index (χ4v) is 5.47. The third-order valence-electron chi connectivity index (χ3n) is 7.71. The van der Waals surface area contributed by atoms with Gasteiger partial charge in [-0.3, -0.25) is 0 Å². The fourth-order valence-electron chi connectivity index (χ4n) is 5.47. The molecule has 1 aromatic carbocycles. The number of nitrogens with one attached hydrogen (secondary N) is 2. The summed E-state index contributed by atoms with van der Waals surface area (Å²) in [5.74, 6) is 3.65. The van der Waals surface area contributed by atoms with Crippen LogP contribution >= 0.6 is 0 Å². The first-order valence-corrected chi connectivity index (χ1v) is 14.5. The number of fused-ring (bicyclic) bond motifs is 1. The standard InChI is InChI=1S/C29H39N11/c1-37(17-11-30-24-19-25(38-13-5-6-14-38)36-29(35-24)39-15-7-8-16-39)18-12-31-27-26-28(33-21-32-27)34-22-40(26)20-23-9-3-2-4-10-23/h2-4,9-10,19,21-22H,5-8,11-18,20H2,1H3,(H,30,35,36)(H,31,32,33). The van der Waals surface area contributed by atoms with Crippen LogP contribution in [0.25, 0.3) is 11.2 Å². The molecular formula is C29H39N11. The van der Waals surface area contributed by atoms with E-state index in [0.29, 0.717) is 5.65 Å². The average Bonchev–Trinajstić information content (AvgIpc) is 3.77. The summed E-state index contributed by atoms with van der Waals surface area (Å²) < 4.78 is 2.11. The SMILES string of the molecule is CN(CCNc1cc(N2CCCC2)nc(N2CCCC2)n1)CCNc1ncnc2ncn(Cc3ccccc3)c12. The molecule has 0 bridgehead atoms. The maximum absolute atomic E-state index is 4.92. The van der Waals surface area contributed by atoms with Crippen LogP contribution in [0.2, 0.25) is 0 Å². The van der Waals surface area contributed by atoms with E-state index in [1.807, 2.05) is 12.4 Å². The summed E-state index contributed by atoms with van der Waals surface area (Å²) in [6.45, 7) is 8.34. The zero-order chi connectivity index (χ0) is 27.1. The maximum Gasteiger partial charge on any atom is 0.229 e. The zero-order valence-electron chi connectivity index (χ0n) is 23.3. The number of aromatic nitrogens is 6. The van der Waals surface area contributed by atoms with Crippen molar-refractivity contribution < 1.29 is 0 Å². The van der Waals surface area contributed by atoms with Gasteiger partial charge in [-0.2, -0.15) is 9.97 Å². The van der Waals surface area contributed by atoms with Crippen LogP contribution in [0.3, 0.4) is 0 Å². The number of rotatable bonds is 12. The molecule has 3 aromatic heterocycles. The van der Waals surface area contributed by atoms with E-state index in [1.165, 1.54) is 31.2 Å². The van der Waals surface area contributed by atoms with Gasteiger partial charge in [0, 0.05) is 65.0 Å². The molecule has 4 aromatic rings. The molecule has 40 heavy (non-hydrogen) atoms. The highest BCUT2D eigenvalue weighted by Crippen LogP contribution is 2.25. The molecule has 0 spiro atoms. The Kier molecular flexibility index (Phi) is 8.17. The van der Waals surface area contributed by atoms with Crippen LogP contribution in [0, 0.1) is 0 Å². The monoisotopic (exact) mass is 541 g/mol. The molecule has 2 aliphatic heterocycles. The van der Waals surface area contributed by atoms with Crippen molar-refractivity contribution in [1.29, 1.82) is 0 Å². The van der Waals surface area contributed by atoms with Gasteiger partial charge in [-0.1, -0.05) is 30.3 Å². The number of benzene rings is 1. The first-order valence-electron chi connectivity index (χ1n) is 14.5. The first kappa shape index (κ1) is 26.2. The van der Waals surface area contributed by atoms with Gasteiger partial charge in [0.2, 0.25) is 5.95 Å². The number of anilines is 4. The van der Waals surface area contributed by atoms with Gasteiger partial charge in [-0.05, 0) is 38.3 Å². The molecule has 11 heteroatoms. The minimum atomic E-state index is 0.706. The molecule has 2 aliphatic rings. The topological polar surface area (TPSA) is 103 Å². The van der Waals surface area contributed by atoms with Crippen LogP contribution in [-0.4, -0.2) is 93.8 Å². The van der Waals surface area contributed by atoms with E-state index in [2.05, 4.69) is 82.2 Å². The lowest BCUT2D eigenvalue weighted by Crippen LogP contribution is -2.30. The quantitative estimate of drug-likeness (QED) is 0.278. The van der Waals surface area contributed by atoms with Crippen molar-refractivity contribution in [3.05, 3.63) is 54.6 Å². The molecule has 11 nitrogen and oxygen atoms in total. The van der Waals surface area contributed by atoms with Crippen molar-refractivity contribution in [2.75, 3.05) is 79.8 Å². The second-order valence-electron chi connectivity index (χ2n) is 10.7. The summed E-state index contributed by atoms with van der Waals surface area (Å²) in [6.07, 6.45) is 8.32. The van der Waals surface area contributed by atoms with Crippen LogP contribution in [0.15, 0.2) is 49.1 Å². The molecule has 0 unspecified atom stereocenters. The van der Waals surface area contributed by atoms with Gasteiger partial charge in [-0.25, -0.2) is 15.0 Å². The Balaban J connectivity index is 1.03. The van der Waals surface area contributed by atoms with Crippen molar-refractivity contribution in [2.24, 2.45) is 0 Å². The molecule has 5 heterocycles. The Labute approximate surface area is 235 Å². The van der Waals surface area contributed by atoms with Gasteiger partial charge in [0.25, 0.3) is 0 Å². The maximum atomic E-state index is 4.92. The van der Waals surface area contributed by atoms with Crippen LogP contribution < -0.4 is 20.4 Å². The molecule has 6 rings (SSSR count). The largest absolute Gasteiger partial charge is 0.369 e. The molecular weight excluding hydrogens is 502 g/mol. The Bertz CT molecular complexity index is 1340. The summed E-state index contributed by atoms with van der Waals surface area (Å²) in [6, 6.07) is 12.5. The van der Waals surface area contributed by atoms with E-state index < -0.39 is 0 Å². The normalized spacial score (nSPS) is 15.4. The highest BCUT2D eigenvalue weighted by atomic mass is 15.3. The number of imidazole rings is 1. The Morgan fingerprint density at radius 1 is 0.825 bits per heavy atom. The number of likely N-dealkylation sites (N-methyl/N-ethyl adjacent to an activating group) is 1. The minimum Gasteiger partial charge on any atom is -0.369 e. The van der Waals surface area contributed by atoms with Gasteiger partial charge >= 0.3 is 0 Å². The minimum absolute atomic E-state index is 0.706. The lowest BCUT2D eigenvalue weighted by atomic mass is 10.2. The smallest absolute Gasteiger partial charge is 0.229 e. The number of nitrogens with zero attached hydrogens (tertiary/aromatic N) is 9. The predicted octanol–water partition coefficient (Wildman–Crippen LogP) is 3.32. The lowest BCUT2D eigenvalue weighted by Gasteiger charge is -2.22. The van der Waals surface area contributed by atoms with Crippen molar-refractivity contribution in [1.82, 2.24) is 34.4 Å². The van der Waals surface area contributed by atoms with Crippen LogP contribution in [-0.2, 0) is 6.54 Å². The van der Waals surface area contributed by atoms with Gasteiger partial charge in [-0.15, -0.1) is 0 Å². The molecule has 0 saturated carbocycles. The molecule has 0 aliphatic carbocycles. The average molecular weight is 542 g/mol. The van der Waals surface area contributed by atoms with Crippen molar-refractivity contribution in [3.8, 4) is 0 Å². The molecule has 2 N–H and O–H groups in total. The van der Waals surface area contributed by atoms with Crippen molar-refractivity contribution >= 4 is 34.6 Å². The third kappa shape index (κ3) is 6.25.